The molecule has 6 rings (SSSR count). The maximum atomic E-state index is 12.1. The van der Waals surface area contributed by atoms with Crippen molar-refractivity contribution in [2.24, 2.45) is 20.5 Å². The Balaban J connectivity index is 1.32. The van der Waals surface area contributed by atoms with Crippen molar-refractivity contribution in [1.82, 2.24) is 0 Å². The molecule has 0 atom stereocenters. The van der Waals surface area contributed by atoms with E-state index in [9.17, 15) is 49.1 Å². The molecule has 0 radical (unpaired) electrons. The van der Waals surface area contributed by atoms with E-state index in [-0.39, 0.29) is 61.0 Å². The number of aromatic hydroxyl groups is 2. The summed E-state index contributed by atoms with van der Waals surface area (Å²) in [6.07, 6.45) is 0. The summed E-state index contributed by atoms with van der Waals surface area (Å²) in [5.74, 6) is -1.03. The van der Waals surface area contributed by atoms with Crippen molar-refractivity contribution >= 4 is 98.1 Å². The first kappa shape index (κ1) is 43.4. The normalized spacial score (nSPS) is 12.6. The second-order valence-electron chi connectivity index (χ2n) is 12.1. The monoisotopic (exact) mass is 904 g/mol. The van der Waals surface area contributed by atoms with Gasteiger partial charge in [0.2, 0.25) is 0 Å². The van der Waals surface area contributed by atoms with Gasteiger partial charge in [-0.15, -0.1) is 24.8 Å². The third-order valence-electron chi connectivity index (χ3n) is 8.65. The number of nitrogen functional groups attached to an aromatic ring is 2. The molecule has 6 aromatic carbocycles. The number of rotatable bonds is 13. The van der Waals surface area contributed by atoms with E-state index in [0.29, 0.717) is 29.2 Å². The van der Waals surface area contributed by atoms with Crippen LogP contribution in [0.25, 0.3) is 32.7 Å². The summed E-state index contributed by atoms with van der Waals surface area (Å²) >= 11 is 0.300. The van der Waals surface area contributed by atoms with E-state index in [1.165, 1.54) is 38.5 Å². The summed E-state index contributed by atoms with van der Waals surface area (Å²) in [5.41, 5.74) is 12.1. The molecule has 0 fully saturated rings. The first-order valence-electron chi connectivity index (χ1n) is 16.1. The number of methoxy groups -OCH3 is 2. The molecule has 0 saturated carbocycles. The Labute approximate surface area is 342 Å². The molecule has 0 aliphatic heterocycles. The molecular formula is C34H28N6O16S4. The minimum absolute atomic E-state index is 0.135. The minimum Gasteiger partial charge on any atom is -0.505 e. The first-order chi connectivity index (χ1) is 28.2. The van der Waals surface area contributed by atoms with Crippen molar-refractivity contribution in [3.05, 3.63) is 72.8 Å². The molecule has 0 aliphatic rings. The number of nitrogens with zero attached hydrogens (tertiary/aromatic N) is 4. The van der Waals surface area contributed by atoms with Crippen LogP contribution in [0.3, 0.4) is 0 Å². The topological polar surface area (TPSA) is 362 Å². The highest BCUT2D eigenvalue weighted by Crippen LogP contribution is 2.47. The van der Waals surface area contributed by atoms with Crippen molar-refractivity contribution in [3.63, 3.8) is 0 Å². The number of azo groups is 2. The van der Waals surface area contributed by atoms with E-state index in [2.05, 4.69) is 29.8 Å². The van der Waals surface area contributed by atoms with E-state index in [1.54, 1.807) is 24.3 Å². The Hall–Kier alpha value is -6.20. The summed E-state index contributed by atoms with van der Waals surface area (Å²) in [6, 6.07) is 15.6. The molecule has 0 unspecified atom stereocenters. The van der Waals surface area contributed by atoms with Crippen LogP contribution in [0.1, 0.15) is 0 Å². The zero-order valence-corrected chi connectivity index (χ0v) is 33.5. The second-order valence-corrected chi connectivity index (χ2v) is 17.0. The number of fused-ring (bicyclic) bond motifs is 2. The lowest BCUT2D eigenvalue weighted by Gasteiger charge is -2.13. The van der Waals surface area contributed by atoms with Crippen LogP contribution in [-0.4, -0.2) is 68.6 Å². The maximum Gasteiger partial charge on any atom is 0.296 e. The standard InChI is InChI=1S/C34H28N6O16S4/c1-53-23-11-15(3-7-19(23)37-39-21-9-5-17-26(58(44,45)46)13-25(57-56-55-43)31(35)29(17)33(21)41)16-4-8-20(24(12-16)54-2)38-40-22-10-6-18-27(59(47,48)49)14-28(60(50,51)52)32(36)30(18)34(22)42/h3-14,41-43H,35-36H2,1-2H3,(H,44,45,46)(H,47,48,49)(H,50,51,52)/b39-37+,40-38+. The molecule has 314 valence electrons. The Bertz CT molecular complexity index is 3150. The van der Waals surface area contributed by atoms with Crippen LogP contribution in [0.15, 0.2) is 113 Å². The van der Waals surface area contributed by atoms with Crippen molar-refractivity contribution in [2.45, 2.75) is 19.6 Å². The number of nitrogens with two attached hydrogens (primary N) is 2. The SMILES string of the molecule is COc1cc(-c2ccc(/N=N/c3ccc4c(S(=O)(=O)O)cc(S(=O)(=O)O)c(N)c4c3O)c(OC)c2)ccc1/N=N/c1ccc2c(S(=O)(=O)O)cc(SOOO)c(N)c2c1O. The number of hydrogen-bond donors (Lipinski definition) is 8. The van der Waals surface area contributed by atoms with E-state index in [4.69, 9.17) is 26.2 Å². The van der Waals surface area contributed by atoms with Crippen LogP contribution >= 0.6 is 12.0 Å². The molecule has 0 aliphatic carbocycles. The van der Waals surface area contributed by atoms with Gasteiger partial charge in [0.15, 0.2) is 11.5 Å². The summed E-state index contributed by atoms with van der Waals surface area (Å²) in [4.78, 5) is -2.81. The average Bonchev–Trinajstić information content (AvgIpc) is 3.18. The number of phenols is 2. The summed E-state index contributed by atoms with van der Waals surface area (Å²) in [5, 5.41) is 49.3. The Morgan fingerprint density at radius 1 is 0.550 bits per heavy atom. The van der Waals surface area contributed by atoms with Crippen molar-refractivity contribution in [1.29, 1.82) is 0 Å². The van der Waals surface area contributed by atoms with Crippen LogP contribution in [-0.2, 0) is 39.7 Å². The Morgan fingerprint density at radius 2 is 0.950 bits per heavy atom. The Morgan fingerprint density at radius 3 is 1.37 bits per heavy atom. The van der Waals surface area contributed by atoms with Gasteiger partial charge < -0.3 is 31.2 Å². The van der Waals surface area contributed by atoms with E-state index < -0.39 is 67.6 Å². The van der Waals surface area contributed by atoms with E-state index in [0.717, 1.165) is 18.2 Å². The lowest BCUT2D eigenvalue weighted by Crippen LogP contribution is -2.08. The smallest absolute Gasteiger partial charge is 0.296 e. The van der Waals surface area contributed by atoms with Crippen LogP contribution in [0, 0.1) is 0 Å². The van der Waals surface area contributed by atoms with Gasteiger partial charge in [-0.2, -0.15) is 25.3 Å². The Kier molecular flexibility index (Phi) is 11.9. The van der Waals surface area contributed by atoms with Crippen LogP contribution in [0.2, 0.25) is 0 Å². The molecular weight excluding hydrogens is 877 g/mol. The molecule has 10 N–H and O–H groups in total. The molecule has 0 spiro atoms. The molecule has 60 heavy (non-hydrogen) atoms. The van der Waals surface area contributed by atoms with E-state index in [1.807, 2.05) is 0 Å². The van der Waals surface area contributed by atoms with Crippen molar-refractivity contribution in [3.8, 4) is 34.1 Å². The lowest BCUT2D eigenvalue weighted by atomic mass is 10.0. The van der Waals surface area contributed by atoms with Gasteiger partial charge in [-0.3, -0.25) is 13.7 Å². The molecule has 0 bridgehead atoms. The van der Waals surface area contributed by atoms with Gasteiger partial charge in [-0.1, -0.05) is 29.3 Å². The molecule has 0 saturated heterocycles. The predicted octanol–water partition coefficient (Wildman–Crippen LogP) is 7.25. The van der Waals surface area contributed by atoms with Gasteiger partial charge in [0, 0.05) is 10.8 Å². The largest absolute Gasteiger partial charge is 0.505 e. The van der Waals surface area contributed by atoms with Crippen LogP contribution < -0.4 is 20.9 Å². The second kappa shape index (κ2) is 16.5. The summed E-state index contributed by atoms with van der Waals surface area (Å²) in [6.45, 7) is 0. The van der Waals surface area contributed by atoms with Gasteiger partial charge >= 0.3 is 0 Å². The fraction of sp³-hybridized carbons (Fsp3) is 0.0588. The third kappa shape index (κ3) is 8.45. The highest BCUT2D eigenvalue weighted by Gasteiger charge is 2.27. The molecule has 0 aromatic heterocycles. The maximum absolute atomic E-state index is 12.1. The minimum atomic E-state index is -5.12. The molecule has 6 aromatic rings. The molecule has 0 heterocycles. The third-order valence-corrected chi connectivity index (χ3v) is 12.0. The molecule has 26 heteroatoms. The average molecular weight is 905 g/mol. The number of phenolic OH excluding ortho intramolecular Hbond substituents is 2. The number of anilines is 2. The van der Waals surface area contributed by atoms with Gasteiger partial charge in [0.1, 0.15) is 48.9 Å². The van der Waals surface area contributed by atoms with Crippen LogP contribution in [0.5, 0.6) is 23.0 Å². The predicted molar refractivity (Wildman–Crippen MR) is 213 cm³/mol. The van der Waals surface area contributed by atoms with Crippen molar-refractivity contribution in [2.75, 3.05) is 25.7 Å². The fourth-order valence-corrected chi connectivity index (χ4v) is 8.62. The zero-order chi connectivity index (χ0) is 43.9. The highest BCUT2D eigenvalue weighted by molar-refractivity contribution is 7.94. The fourth-order valence-electron chi connectivity index (χ4n) is 5.93. The molecule has 0 amide bonds. The first-order valence-corrected chi connectivity index (χ1v) is 21.2. The van der Waals surface area contributed by atoms with Crippen LogP contribution in [0.4, 0.5) is 34.1 Å². The van der Waals surface area contributed by atoms with Crippen molar-refractivity contribution < 1.29 is 73.2 Å². The summed E-state index contributed by atoms with van der Waals surface area (Å²) < 4.78 is 117. The quantitative estimate of drug-likeness (QED) is 0.0141. The molecule has 22 nitrogen and oxygen atoms in total. The summed E-state index contributed by atoms with van der Waals surface area (Å²) in [7, 11) is -12.3. The highest BCUT2D eigenvalue weighted by atomic mass is 32.2. The lowest BCUT2D eigenvalue weighted by molar-refractivity contribution is -0.432. The number of ether oxygens (including phenoxy) is 2. The van der Waals surface area contributed by atoms with Gasteiger partial charge in [-0.25, -0.2) is 5.26 Å². The number of benzene rings is 6. The van der Waals surface area contributed by atoms with Gasteiger partial charge in [-0.05, 0) is 59.7 Å². The number of hydrogen-bond acceptors (Lipinski definition) is 20. The zero-order valence-electron chi connectivity index (χ0n) is 30.3. The van der Waals surface area contributed by atoms with E-state index >= 15 is 0 Å². The van der Waals surface area contributed by atoms with Gasteiger partial charge in [0.25, 0.3) is 30.4 Å². The van der Waals surface area contributed by atoms with Gasteiger partial charge in [0.05, 0.1) is 53.3 Å².